The van der Waals surface area contributed by atoms with Crippen molar-refractivity contribution in [1.29, 1.82) is 0 Å². The zero-order valence-corrected chi connectivity index (χ0v) is 13.0. The minimum atomic E-state index is 0.757. The van der Waals surface area contributed by atoms with Crippen LogP contribution in [0.5, 0.6) is 0 Å². The molecule has 100 valence electrons. The summed E-state index contributed by atoms with van der Waals surface area (Å²) in [4.78, 5) is 5.16. The van der Waals surface area contributed by atoms with Gasteiger partial charge in [0.2, 0.25) is 0 Å². The molecule has 1 saturated heterocycles. The van der Waals surface area contributed by atoms with Crippen molar-refractivity contribution in [3.63, 3.8) is 0 Å². The van der Waals surface area contributed by atoms with E-state index in [-0.39, 0.29) is 0 Å². The van der Waals surface area contributed by atoms with Crippen molar-refractivity contribution in [1.82, 2.24) is 9.80 Å². The fraction of sp³-hybridized carbons (Fsp3) is 0.600. The summed E-state index contributed by atoms with van der Waals surface area (Å²) in [6.07, 6.45) is 1.32. The van der Waals surface area contributed by atoms with Crippen LogP contribution >= 0.6 is 15.9 Å². The van der Waals surface area contributed by atoms with Gasteiger partial charge >= 0.3 is 0 Å². The molecule has 1 aromatic carbocycles. The molecule has 1 fully saturated rings. The molecule has 0 aliphatic carbocycles. The first-order valence-corrected chi connectivity index (χ1v) is 7.73. The Morgan fingerprint density at radius 3 is 2.78 bits per heavy atom. The van der Waals surface area contributed by atoms with Gasteiger partial charge < -0.3 is 0 Å². The van der Waals surface area contributed by atoms with E-state index in [0.717, 1.165) is 12.6 Å². The monoisotopic (exact) mass is 310 g/mol. The van der Waals surface area contributed by atoms with Gasteiger partial charge in [-0.1, -0.05) is 41.9 Å². The van der Waals surface area contributed by atoms with Gasteiger partial charge in [0.05, 0.1) is 0 Å². The number of likely N-dealkylation sites (N-methyl/N-ethyl adjacent to an activating group) is 1. The number of rotatable bonds is 5. The highest BCUT2D eigenvalue weighted by molar-refractivity contribution is 9.10. The first kappa shape index (κ1) is 14.0. The van der Waals surface area contributed by atoms with E-state index in [0.29, 0.717) is 0 Å². The molecule has 0 N–H and O–H groups in total. The summed E-state index contributed by atoms with van der Waals surface area (Å²) in [6.45, 7) is 10.4. The van der Waals surface area contributed by atoms with Gasteiger partial charge in [-0.15, -0.1) is 0 Å². The Morgan fingerprint density at radius 2 is 2.11 bits per heavy atom. The van der Waals surface area contributed by atoms with E-state index in [1.807, 2.05) is 0 Å². The third-order valence-corrected chi connectivity index (χ3v) is 4.36. The molecule has 0 spiro atoms. The van der Waals surface area contributed by atoms with Crippen molar-refractivity contribution in [2.24, 2.45) is 0 Å². The topological polar surface area (TPSA) is 6.48 Å². The summed E-state index contributed by atoms with van der Waals surface area (Å²) < 4.78 is 1.18. The lowest BCUT2D eigenvalue weighted by Crippen LogP contribution is -2.37. The molecular formula is C15H23BrN2. The van der Waals surface area contributed by atoms with Crippen molar-refractivity contribution in [2.45, 2.75) is 32.9 Å². The zero-order chi connectivity index (χ0) is 13.0. The van der Waals surface area contributed by atoms with Gasteiger partial charge in [-0.25, -0.2) is 0 Å². The Morgan fingerprint density at radius 1 is 1.33 bits per heavy atom. The maximum Gasteiger partial charge on any atom is 0.0235 e. The second-order valence-corrected chi connectivity index (χ2v) is 5.94. The van der Waals surface area contributed by atoms with E-state index in [1.165, 1.54) is 42.6 Å². The summed E-state index contributed by atoms with van der Waals surface area (Å²) in [7, 11) is 0. The second-order valence-electron chi connectivity index (χ2n) is 5.03. The number of nitrogens with zero attached hydrogens (tertiary/aromatic N) is 2. The van der Waals surface area contributed by atoms with Crippen LogP contribution in [-0.2, 0) is 6.54 Å². The first-order valence-electron chi connectivity index (χ1n) is 6.93. The number of likely N-dealkylation sites (tertiary alicyclic amines) is 1. The molecule has 1 aliphatic rings. The van der Waals surface area contributed by atoms with Gasteiger partial charge in [-0.2, -0.15) is 0 Å². The van der Waals surface area contributed by atoms with Gasteiger partial charge in [0.15, 0.2) is 0 Å². The normalized spacial score (nSPS) is 20.8. The second kappa shape index (κ2) is 6.69. The molecule has 0 bridgehead atoms. The lowest BCUT2D eigenvalue weighted by Gasteiger charge is -2.26. The number of hydrogen-bond acceptors (Lipinski definition) is 2. The third kappa shape index (κ3) is 3.56. The van der Waals surface area contributed by atoms with Crippen LogP contribution in [0.15, 0.2) is 28.7 Å². The van der Waals surface area contributed by atoms with E-state index >= 15 is 0 Å². The van der Waals surface area contributed by atoms with Crippen molar-refractivity contribution in [3.05, 3.63) is 34.3 Å². The third-order valence-electron chi connectivity index (χ3n) is 3.87. The van der Waals surface area contributed by atoms with Crippen molar-refractivity contribution < 1.29 is 0 Å². The lowest BCUT2D eigenvalue weighted by molar-refractivity contribution is 0.209. The summed E-state index contributed by atoms with van der Waals surface area (Å²) in [5.41, 5.74) is 1.41. The van der Waals surface area contributed by atoms with Gasteiger partial charge in [0.25, 0.3) is 0 Å². The summed E-state index contributed by atoms with van der Waals surface area (Å²) >= 11 is 3.54. The van der Waals surface area contributed by atoms with E-state index < -0.39 is 0 Å². The van der Waals surface area contributed by atoms with Crippen LogP contribution in [0.25, 0.3) is 0 Å². The minimum absolute atomic E-state index is 0.757. The van der Waals surface area contributed by atoms with Gasteiger partial charge in [0.1, 0.15) is 0 Å². The van der Waals surface area contributed by atoms with Crippen LogP contribution in [0.1, 0.15) is 25.8 Å². The molecule has 1 heterocycles. The van der Waals surface area contributed by atoms with E-state index in [9.17, 15) is 0 Å². The maximum absolute atomic E-state index is 3.54. The highest BCUT2D eigenvalue weighted by atomic mass is 79.9. The van der Waals surface area contributed by atoms with Crippen molar-refractivity contribution in [2.75, 3.05) is 26.2 Å². The molecule has 1 aromatic rings. The minimum Gasteiger partial charge on any atom is -0.300 e. The van der Waals surface area contributed by atoms with Crippen LogP contribution < -0.4 is 0 Å². The fourth-order valence-electron chi connectivity index (χ4n) is 2.89. The Hall–Kier alpha value is -0.380. The Kier molecular flexibility index (Phi) is 5.22. The van der Waals surface area contributed by atoms with Crippen LogP contribution in [0.2, 0.25) is 0 Å². The molecule has 1 atom stereocenters. The molecule has 3 heteroatoms. The SMILES string of the molecule is CCN(CC)C1CCN(Cc2cccc(Br)c2)C1. The summed E-state index contributed by atoms with van der Waals surface area (Å²) in [6, 6.07) is 9.41. The predicted molar refractivity (Wildman–Crippen MR) is 80.7 cm³/mol. The first-order chi connectivity index (χ1) is 8.72. The molecular weight excluding hydrogens is 288 g/mol. The van der Waals surface area contributed by atoms with E-state index in [1.54, 1.807) is 0 Å². The molecule has 2 nitrogen and oxygen atoms in total. The number of benzene rings is 1. The molecule has 1 unspecified atom stereocenters. The molecule has 0 radical (unpaired) electrons. The van der Waals surface area contributed by atoms with Gasteiger partial charge in [-0.3, -0.25) is 9.80 Å². The van der Waals surface area contributed by atoms with Crippen molar-refractivity contribution >= 4 is 15.9 Å². The summed E-state index contributed by atoms with van der Waals surface area (Å²) in [5.74, 6) is 0. The Balaban J connectivity index is 1.89. The van der Waals surface area contributed by atoms with Crippen LogP contribution in [-0.4, -0.2) is 42.0 Å². The molecule has 0 amide bonds. The Labute approximate surface area is 119 Å². The number of halogens is 1. The maximum atomic E-state index is 3.54. The average molecular weight is 311 g/mol. The molecule has 0 saturated carbocycles. The lowest BCUT2D eigenvalue weighted by atomic mass is 10.2. The quantitative estimate of drug-likeness (QED) is 0.823. The van der Waals surface area contributed by atoms with Crippen LogP contribution in [0, 0.1) is 0 Å². The smallest absolute Gasteiger partial charge is 0.0235 e. The van der Waals surface area contributed by atoms with E-state index in [2.05, 4.69) is 63.8 Å². The van der Waals surface area contributed by atoms with Gasteiger partial charge in [-0.05, 0) is 37.2 Å². The molecule has 2 rings (SSSR count). The van der Waals surface area contributed by atoms with Crippen LogP contribution in [0.4, 0.5) is 0 Å². The fourth-order valence-corrected chi connectivity index (χ4v) is 3.33. The molecule has 1 aliphatic heterocycles. The van der Waals surface area contributed by atoms with Crippen LogP contribution in [0.3, 0.4) is 0 Å². The summed E-state index contributed by atoms with van der Waals surface area (Å²) in [5, 5.41) is 0. The standard InChI is InChI=1S/C15H23BrN2/c1-3-18(4-2)15-8-9-17(12-15)11-13-6-5-7-14(16)10-13/h5-7,10,15H,3-4,8-9,11-12H2,1-2H3. The Bertz CT molecular complexity index is 377. The van der Waals surface area contributed by atoms with E-state index in [4.69, 9.17) is 0 Å². The molecule has 18 heavy (non-hydrogen) atoms. The zero-order valence-electron chi connectivity index (χ0n) is 11.4. The highest BCUT2D eigenvalue weighted by Gasteiger charge is 2.25. The average Bonchev–Trinajstić information content (AvgIpc) is 2.79. The number of hydrogen-bond donors (Lipinski definition) is 0. The van der Waals surface area contributed by atoms with Gasteiger partial charge in [0, 0.05) is 30.1 Å². The predicted octanol–water partition coefficient (Wildman–Crippen LogP) is 3.37. The highest BCUT2D eigenvalue weighted by Crippen LogP contribution is 2.19. The van der Waals surface area contributed by atoms with Crippen molar-refractivity contribution in [3.8, 4) is 0 Å². The molecule has 0 aromatic heterocycles. The largest absolute Gasteiger partial charge is 0.300 e.